The molecule has 140 valence electrons. The van der Waals surface area contributed by atoms with E-state index in [4.69, 9.17) is 4.74 Å². The number of para-hydroxylation sites is 2. The van der Waals surface area contributed by atoms with Gasteiger partial charge < -0.3 is 10.1 Å². The van der Waals surface area contributed by atoms with Gasteiger partial charge in [-0.25, -0.2) is 4.98 Å². The summed E-state index contributed by atoms with van der Waals surface area (Å²) in [6.45, 7) is 2.36. The number of hydrogen-bond acceptors (Lipinski definition) is 5. The van der Waals surface area contributed by atoms with Crippen molar-refractivity contribution in [2.24, 2.45) is 0 Å². The standard InChI is InChI=1S/C21H18N4O2S/c1-14-23-17(13-28-14)12-27-19-8-3-2-5-15(19)9-10-20(26)24-18-7-4-6-16-11-22-25-21(16)18/h2-11,13H,12H2,1H3,(H,22,25)(H,24,26)/b10-9+. The van der Waals surface area contributed by atoms with Crippen LogP contribution >= 0.6 is 11.3 Å². The summed E-state index contributed by atoms with van der Waals surface area (Å²) in [5.41, 5.74) is 3.20. The minimum atomic E-state index is -0.230. The summed E-state index contributed by atoms with van der Waals surface area (Å²) < 4.78 is 5.88. The first kappa shape index (κ1) is 17.9. The molecule has 0 aliphatic rings. The third kappa shape index (κ3) is 4.10. The SMILES string of the molecule is Cc1nc(COc2ccccc2/C=C/C(=O)Nc2cccc3cn[nH]c23)cs1. The van der Waals surface area contributed by atoms with Crippen LogP contribution in [-0.2, 0) is 11.4 Å². The highest BCUT2D eigenvalue weighted by Gasteiger charge is 2.06. The van der Waals surface area contributed by atoms with Crippen LogP contribution < -0.4 is 10.1 Å². The van der Waals surface area contributed by atoms with E-state index in [2.05, 4.69) is 20.5 Å². The number of fused-ring (bicyclic) bond motifs is 1. The molecule has 0 radical (unpaired) electrons. The first-order chi connectivity index (χ1) is 13.7. The second-order valence-corrected chi connectivity index (χ2v) is 7.21. The fraction of sp³-hybridized carbons (Fsp3) is 0.0952. The molecular formula is C21H18N4O2S. The number of carbonyl (C=O) groups excluding carboxylic acids is 1. The van der Waals surface area contributed by atoms with Crippen molar-refractivity contribution >= 4 is 39.9 Å². The first-order valence-corrected chi connectivity index (χ1v) is 9.61. The number of anilines is 1. The summed E-state index contributed by atoms with van der Waals surface area (Å²) in [5, 5.41) is 13.7. The van der Waals surface area contributed by atoms with Crippen LogP contribution in [0.3, 0.4) is 0 Å². The van der Waals surface area contributed by atoms with Crippen LogP contribution in [0, 0.1) is 6.92 Å². The number of ether oxygens (including phenoxy) is 1. The number of amides is 1. The summed E-state index contributed by atoms with van der Waals surface area (Å²) in [5.74, 6) is 0.472. The molecule has 1 amide bonds. The summed E-state index contributed by atoms with van der Waals surface area (Å²) in [4.78, 5) is 16.8. The Labute approximate surface area is 165 Å². The van der Waals surface area contributed by atoms with Crippen LogP contribution in [0.15, 0.2) is 60.1 Å². The van der Waals surface area contributed by atoms with Gasteiger partial charge in [-0.2, -0.15) is 5.10 Å². The van der Waals surface area contributed by atoms with Gasteiger partial charge in [0.05, 0.1) is 28.1 Å². The topological polar surface area (TPSA) is 79.9 Å². The van der Waals surface area contributed by atoms with E-state index in [1.807, 2.05) is 54.8 Å². The summed E-state index contributed by atoms with van der Waals surface area (Å²) in [6.07, 6.45) is 4.95. The molecule has 0 fully saturated rings. The van der Waals surface area contributed by atoms with E-state index in [0.717, 1.165) is 27.2 Å². The summed E-state index contributed by atoms with van der Waals surface area (Å²) in [7, 11) is 0. The molecule has 28 heavy (non-hydrogen) atoms. The van der Waals surface area contributed by atoms with Crippen molar-refractivity contribution in [1.29, 1.82) is 0 Å². The van der Waals surface area contributed by atoms with Crippen LogP contribution in [0.4, 0.5) is 5.69 Å². The van der Waals surface area contributed by atoms with E-state index in [9.17, 15) is 4.79 Å². The Morgan fingerprint density at radius 3 is 3.00 bits per heavy atom. The molecule has 4 rings (SSSR count). The molecule has 2 heterocycles. The molecule has 0 saturated heterocycles. The molecule has 0 unspecified atom stereocenters. The Morgan fingerprint density at radius 2 is 2.14 bits per heavy atom. The lowest BCUT2D eigenvalue weighted by molar-refractivity contribution is -0.111. The van der Waals surface area contributed by atoms with Gasteiger partial charge in [-0.15, -0.1) is 11.3 Å². The Morgan fingerprint density at radius 1 is 1.25 bits per heavy atom. The fourth-order valence-corrected chi connectivity index (χ4v) is 3.39. The second kappa shape index (κ2) is 8.06. The van der Waals surface area contributed by atoms with Crippen LogP contribution in [0.1, 0.15) is 16.3 Å². The zero-order valence-electron chi connectivity index (χ0n) is 15.2. The zero-order chi connectivity index (χ0) is 19.3. The number of H-pyrrole nitrogens is 1. The predicted octanol–water partition coefficient (Wildman–Crippen LogP) is 4.56. The van der Waals surface area contributed by atoms with Gasteiger partial charge in [-0.1, -0.05) is 30.3 Å². The van der Waals surface area contributed by atoms with Crippen LogP contribution in [-0.4, -0.2) is 21.1 Å². The smallest absolute Gasteiger partial charge is 0.248 e. The average Bonchev–Trinajstić information content (AvgIpc) is 3.35. The third-order valence-corrected chi connectivity index (χ3v) is 4.93. The van der Waals surface area contributed by atoms with Crippen molar-refractivity contribution in [3.8, 4) is 5.75 Å². The number of rotatable bonds is 6. The molecule has 0 aliphatic heterocycles. The van der Waals surface area contributed by atoms with Crippen molar-refractivity contribution in [2.75, 3.05) is 5.32 Å². The Bertz CT molecular complexity index is 1150. The second-order valence-electron chi connectivity index (χ2n) is 6.15. The summed E-state index contributed by atoms with van der Waals surface area (Å²) >= 11 is 1.60. The van der Waals surface area contributed by atoms with Gasteiger partial charge in [0.25, 0.3) is 0 Å². The van der Waals surface area contributed by atoms with Gasteiger partial charge in [0.1, 0.15) is 12.4 Å². The normalized spacial score (nSPS) is 11.2. The van der Waals surface area contributed by atoms with Crippen molar-refractivity contribution in [3.63, 3.8) is 0 Å². The molecule has 0 saturated carbocycles. The molecule has 0 spiro atoms. The van der Waals surface area contributed by atoms with E-state index >= 15 is 0 Å². The molecule has 7 heteroatoms. The number of aromatic amines is 1. The molecule has 2 aromatic carbocycles. The number of aryl methyl sites for hydroxylation is 1. The maximum absolute atomic E-state index is 12.4. The van der Waals surface area contributed by atoms with E-state index in [1.54, 1.807) is 23.6 Å². The van der Waals surface area contributed by atoms with Crippen molar-refractivity contribution in [3.05, 3.63) is 76.4 Å². The monoisotopic (exact) mass is 390 g/mol. The van der Waals surface area contributed by atoms with Gasteiger partial charge in [-0.05, 0) is 25.1 Å². The Hall–Kier alpha value is -3.45. The van der Waals surface area contributed by atoms with Crippen molar-refractivity contribution < 1.29 is 9.53 Å². The third-order valence-electron chi connectivity index (χ3n) is 4.11. The van der Waals surface area contributed by atoms with Gasteiger partial charge in [-0.3, -0.25) is 9.89 Å². The minimum absolute atomic E-state index is 0.230. The lowest BCUT2D eigenvalue weighted by Crippen LogP contribution is -2.08. The molecule has 2 aromatic heterocycles. The molecule has 0 atom stereocenters. The Balaban J connectivity index is 1.45. The molecule has 0 bridgehead atoms. The molecule has 4 aromatic rings. The van der Waals surface area contributed by atoms with Crippen molar-refractivity contribution in [2.45, 2.75) is 13.5 Å². The summed E-state index contributed by atoms with van der Waals surface area (Å²) in [6, 6.07) is 13.2. The number of carbonyl (C=O) groups is 1. The van der Waals surface area contributed by atoms with Crippen molar-refractivity contribution in [1.82, 2.24) is 15.2 Å². The van der Waals surface area contributed by atoms with E-state index < -0.39 is 0 Å². The highest BCUT2D eigenvalue weighted by atomic mass is 32.1. The fourth-order valence-electron chi connectivity index (χ4n) is 2.79. The first-order valence-electron chi connectivity index (χ1n) is 8.73. The van der Waals surface area contributed by atoms with E-state index in [1.165, 1.54) is 6.08 Å². The number of hydrogen-bond donors (Lipinski definition) is 2. The number of benzene rings is 2. The van der Waals surface area contributed by atoms with Crippen LogP contribution in [0.2, 0.25) is 0 Å². The van der Waals surface area contributed by atoms with E-state index in [-0.39, 0.29) is 5.91 Å². The minimum Gasteiger partial charge on any atom is -0.487 e. The van der Waals surface area contributed by atoms with E-state index in [0.29, 0.717) is 18.0 Å². The average molecular weight is 390 g/mol. The van der Waals surface area contributed by atoms with Crippen LogP contribution in [0.5, 0.6) is 5.75 Å². The lowest BCUT2D eigenvalue weighted by atomic mass is 10.2. The maximum Gasteiger partial charge on any atom is 0.248 e. The Kier molecular flexibility index (Phi) is 5.16. The quantitative estimate of drug-likeness (QED) is 0.473. The highest BCUT2D eigenvalue weighted by Crippen LogP contribution is 2.22. The number of aromatic nitrogens is 3. The van der Waals surface area contributed by atoms with Gasteiger partial charge in [0.15, 0.2) is 0 Å². The van der Waals surface area contributed by atoms with Gasteiger partial charge in [0, 0.05) is 22.4 Å². The number of thiazole rings is 1. The number of nitrogens with zero attached hydrogens (tertiary/aromatic N) is 2. The zero-order valence-corrected chi connectivity index (χ0v) is 16.0. The lowest BCUT2D eigenvalue weighted by Gasteiger charge is -2.08. The molecule has 2 N–H and O–H groups in total. The van der Waals surface area contributed by atoms with Gasteiger partial charge in [0.2, 0.25) is 5.91 Å². The largest absolute Gasteiger partial charge is 0.487 e. The molecular weight excluding hydrogens is 372 g/mol. The molecule has 6 nitrogen and oxygen atoms in total. The molecule has 0 aliphatic carbocycles. The highest BCUT2D eigenvalue weighted by molar-refractivity contribution is 7.09. The van der Waals surface area contributed by atoms with Gasteiger partial charge >= 0.3 is 0 Å². The van der Waals surface area contributed by atoms with Crippen LogP contribution in [0.25, 0.3) is 17.0 Å². The number of nitrogens with one attached hydrogen (secondary N) is 2. The maximum atomic E-state index is 12.4. The predicted molar refractivity (Wildman–Crippen MR) is 111 cm³/mol.